The Morgan fingerprint density at radius 3 is 2.54 bits per heavy atom. The van der Waals surface area contributed by atoms with E-state index in [1.54, 1.807) is 24.3 Å². The van der Waals surface area contributed by atoms with E-state index in [1.807, 2.05) is 30.3 Å². The number of aromatic amines is 1. The summed E-state index contributed by atoms with van der Waals surface area (Å²) in [5, 5.41) is 3.19. The second kappa shape index (κ2) is 7.65. The maximum absolute atomic E-state index is 12.3. The van der Waals surface area contributed by atoms with Gasteiger partial charge in [-0.2, -0.15) is 0 Å². The predicted octanol–water partition coefficient (Wildman–Crippen LogP) is 2.39. The maximum Gasteiger partial charge on any atom is 0.355 e. The molecule has 26 heavy (non-hydrogen) atoms. The van der Waals surface area contributed by atoms with Crippen LogP contribution in [0.2, 0.25) is 0 Å². The zero-order chi connectivity index (χ0) is 18.5. The van der Waals surface area contributed by atoms with E-state index in [9.17, 15) is 14.4 Å². The SMILES string of the molecule is C[C@H](OC(=O)c1cc(=O)c2ccccc2[nH]1)C(=O)NCc1ccccc1. The Kier molecular flexibility index (Phi) is 5.12. The van der Waals surface area contributed by atoms with Gasteiger partial charge in [-0.1, -0.05) is 42.5 Å². The number of carbonyl (C=O) groups excluding carboxylic acids is 2. The summed E-state index contributed by atoms with van der Waals surface area (Å²) >= 11 is 0. The number of ether oxygens (including phenoxy) is 1. The minimum atomic E-state index is -0.985. The minimum Gasteiger partial charge on any atom is -0.448 e. The number of hydrogen-bond donors (Lipinski definition) is 2. The summed E-state index contributed by atoms with van der Waals surface area (Å²) in [6.07, 6.45) is -0.985. The lowest BCUT2D eigenvalue weighted by Crippen LogP contribution is -2.35. The Morgan fingerprint density at radius 1 is 1.08 bits per heavy atom. The van der Waals surface area contributed by atoms with Crippen molar-refractivity contribution < 1.29 is 14.3 Å². The first-order chi connectivity index (χ1) is 12.5. The van der Waals surface area contributed by atoms with Crippen LogP contribution in [0.1, 0.15) is 23.0 Å². The molecule has 6 heteroatoms. The summed E-state index contributed by atoms with van der Waals surface area (Å²) in [5.41, 5.74) is 1.20. The molecule has 0 fully saturated rings. The van der Waals surface area contributed by atoms with Gasteiger partial charge in [0.2, 0.25) is 0 Å². The smallest absolute Gasteiger partial charge is 0.355 e. The molecule has 3 aromatic rings. The average molecular weight is 350 g/mol. The molecule has 0 aliphatic carbocycles. The van der Waals surface area contributed by atoms with Gasteiger partial charge in [-0.05, 0) is 24.6 Å². The van der Waals surface area contributed by atoms with Crippen LogP contribution in [0.5, 0.6) is 0 Å². The number of benzene rings is 2. The maximum atomic E-state index is 12.3. The predicted molar refractivity (Wildman–Crippen MR) is 97.7 cm³/mol. The van der Waals surface area contributed by atoms with Gasteiger partial charge in [0.05, 0.1) is 0 Å². The number of carbonyl (C=O) groups is 2. The van der Waals surface area contributed by atoms with E-state index < -0.39 is 18.0 Å². The third-order valence-electron chi connectivity index (χ3n) is 3.92. The molecule has 0 aliphatic heterocycles. The van der Waals surface area contributed by atoms with E-state index in [1.165, 1.54) is 13.0 Å². The molecule has 1 amide bonds. The van der Waals surface area contributed by atoms with Crippen molar-refractivity contribution in [2.45, 2.75) is 19.6 Å². The fourth-order valence-electron chi connectivity index (χ4n) is 2.51. The lowest BCUT2D eigenvalue weighted by Gasteiger charge is -2.13. The number of nitrogens with one attached hydrogen (secondary N) is 2. The van der Waals surface area contributed by atoms with E-state index in [2.05, 4.69) is 10.3 Å². The van der Waals surface area contributed by atoms with Gasteiger partial charge in [0.25, 0.3) is 5.91 Å². The van der Waals surface area contributed by atoms with Gasteiger partial charge in [0.1, 0.15) is 5.69 Å². The molecule has 132 valence electrons. The number of pyridine rings is 1. The van der Waals surface area contributed by atoms with E-state index >= 15 is 0 Å². The number of fused-ring (bicyclic) bond motifs is 1. The first-order valence-corrected chi connectivity index (χ1v) is 8.19. The van der Waals surface area contributed by atoms with Gasteiger partial charge < -0.3 is 15.0 Å². The van der Waals surface area contributed by atoms with Crippen molar-refractivity contribution in [3.63, 3.8) is 0 Å². The topological polar surface area (TPSA) is 88.3 Å². The number of aromatic nitrogens is 1. The van der Waals surface area contributed by atoms with Crippen molar-refractivity contribution in [1.29, 1.82) is 0 Å². The Morgan fingerprint density at radius 2 is 1.77 bits per heavy atom. The first kappa shape index (κ1) is 17.4. The quantitative estimate of drug-likeness (QED) is 0.692. The summed E-state index contributed by atoms with van der Waals surface area (Å²) in [4.78, 5) is 39.3. The van der Waals surface area contributed by atoms with Crippen LogP contribution < -0.4 is 10.7 Å². The van der Waals surface area contributed by atoms with Crippen molar-refractivity contribution in [1.82, 2.24) is 10.3 Å². The third kappa shape index (κ3) is 3.97. The molecule has 0 saturated heterocycles. The Labute approximate surface area is 149 Å². The summed E-state index contributed by atoms with van der Waals surface area (Å²) < 4.78 is 5.17. The second-order valence-corrected chi connectivity index (χ2v) is 5.84. The molecule has 0 bridgehead atoms. The highest BCUT2D eigenvalue weighted by molar-refractivity contribution is 5.93. The Hall–Kier alpha value is -3.41. The molecule has 0 spiro atoms. The summed E-state index contributed by atoms with van der Waals surface area (Å²) in [5.74, 6) is -1.17. The highest BCUT2D eigenvalue weighted by atomic mass is 16.5. The Bertz CT molecular complexity index is 995. The van der Waals surface area contributed by atoms with E-state index in [0.717, 1.165) is 5.56 Å². The molecular weight excluding hydrogens is 332 g/mol. The van der Waals surface area contributed by atoms with E-state index in [4.69, 9.17) is 4.74 Å². The summed E-state index contributed by atoms with van der Waals surface area (Å²) in [6.45, 7) is 1.83. The monoisotopic (exact) mass is 350 g/mol. The van der Waals surface area contributed by atoms with Crippen LogP contribution in [0.4, 0.5) is 0 Å². The van der Waals surface area contributed by atoms with Gasteiger partial charge in [0.15, 0.2) is 11.5 Å². The molecule has 0 aliphatic rings. The zero-order valence-corrected chi connectivity index (χ0v) is 14.2. The zero-order valence-electron chi connectivity index (χ0n) is 14.2. The van der Waals surface area contributed by atoms with Crippen molar-refractivity contribution >= 4 is 22.8 Å². The lowest BCUT2D eigenvalue weighted by atomic mass is 10.2. The molecule has 1 atom stereocenters. The third-order valence-corrected chi connectivity index (χ3v) is 3.92. The largest absolute Gasteiger partial charge is 0.448 e. The van der Waals surface area contributed by atoms with Crippen LogP contribution in [0.3, 0.4) is 0 Å². The highest BCUT2D eigenvalue weighted by Crippen LogP contribution is 2.09. The molecule has 0 unspecified atom stereocenters. The molecule has 1 heterocycles. The normalized spacial score (nSPS) is 11.7. The standard InChI is InChI=1S/C20H18N2O4/c1-13(19(24)21-12-14-7-3-2-4-8-14)26-20(25)17-11-18(23)15-9-5-6-10-16(15)22-17/h2-11,13H,12H2,1H3,(H,21,24)(H,22,23)/t13-/m0/s1. The molecule has 0 saturated carbocycles. The van der Waals surface area contributed by atoms with Crippen LogP contribution in [-0.4, -0.2) is 23.0 Å². The van der Waals surface area contributed by atoms with Crippen LogP contribution in [-0.2, 0) is 16.1 Å². The van der Waals surface area contributed by atoms with Gasteiger partial charge in [-0.15, -0.1) is 0 Å². The number of hydrogen-bond acceptors (Lipinski definition) is 4. The molecule has 0 radical (unpaired) electrons. The molecule has 3 rings (SSSR count). The van der Waals surface area contributed by atoms with E-state index in [0.29, 0.717) is 17.4 Å². The highest BCUT2D eigenvalue weighted by Gasteiger charge is 2.19. The molecule has 2 N–H and O–H groups in total. The minimum absolute atomic E-state index is 0.0106. The first-order valence-electron chi connectivity index (χ1n) is 8.19. The van der Waals surface area contributed by atoms with Gasteiger partial charge in [-0.3, -0.25) is 9.59 Å². The van der Waals surface area contributed by atoms with Gasteiger partial charge in [0, 0.05) is 23.5 Å². The van der Waals surface area contributed by atoms with Crippen molar-refractivity contribution in [3.05, 3.63) is 82.1 Å². The van der Waals surface area contributed by atoms with Crippen LogP contribution >= 0.6 is 0 Å². The van der Waals surface area contributed by atoms with Crippen LogP contribution in [0.15, 0.2) is 65.5 Å². The number of para-hydroxylation sites is 1. The van der Waals surface area contributed by atoms with Gasteiger partial charge in [-0.25, -0.2) is 4.79 Å². The van der Waals surface area contributed by atoms with Gasteiger partial charge >= 0.3 is 5.97 Å². The van der Waals surface area contributed by atoms with Crippen molar-refractivity contribution in [3.8, 4) is 0 Å². The van der Waals surface area contributed by atoms with Crippen molar-refractivity contribution in [2.75, 3.05) is 0 Å². The number of esters is 1. The van der Waals surface area contributed by atoms with Crippen LogP contribution in [0, 0.1) is 0 Å². The lowest BCUT2D eigenvalue weighted by molar-refractivity contribution is -0.129. The Balaban J connectivity index is 1.65. The van der Waals surface area contributed by atoms with Crippen LogP contribution in [0.25, 0.3) is 10.9 Å². The fraction of sp³-hybridized carbons (Fsp3) is 0.150. The van der Waals surface area contributed by atoms with Crippen molar-refractivity contribution in [2.24, 2.45) is 0 Å². The fourth-order valence-corrected chi connectivity index (χ4v) is 2.51. The average Bonchev–Trinajstić information content (AvgIpc) is 2.66. The molecule has 2 aromatic carbocycles. The summed E-state index contributed by atoms with van der Waals surface area (Å²) in [7, 11) is 0. The van der Waals surface area contributed by atoms with E-state index in [-0.39, 0.29) is 11.1 Å². The molecule has 6 nitrogen and oxygen atoms in total. The number of rotatable bonds is 5. The second-order valence-electron chi connectivity index (χ2n) is 5.84. The summed E-state index contributed by atoms with van der Waals surface area (Å²) in [6, 6.07) is 17.5. The number of H-pyrrole nitrogens is 1. The number of amides is 1. The molecule has 1 aromatic heterocycles. The molecular formula is C20H18N2O4.